The molecule has 1 amide bonds. The first-order valence-corrected chi connectivity index (χ1v) is 7.28. The molecular weight excluding hydrogens is 232 g/mol. The van der Waals surface area contributed by atoms with Gasteiger partial charge < -0.3 is 10.2 Å². The van der Waals surface area contributed by atoms with Crippen molar-refractivity contribution in [2.75, 3.05) is 13.1 Å². The second-order valence-electron chi connectivity index (χ2n) is 5.18. The summed E-state index contributed by atoms with van der Waals surface area (Å²) in [4.78, 5) is 14.2. The van der Waals surface area contributed by atoms with Gasteiger partial charge in [-0.25, -0.2) is 0 Å². The molecule has 3 nitrogen and oxygen atoms in total. The molecule has 0 aromatic heterocycles. The molecule has 0 bridgehead atoms. The zero-order valence-electron chi connectivity index (χ0n) is 10.4. The van der Waals surface area contributed by atoms with E-state index < -0.39 is 0 Å². The van der Waals surface area contributed by atoms with Crippen LogP contribution in [0.5, 0.6) is 0 Å². The zero-order chi connectivity index (χ0) is 12.1. The topological polar surface area (TPSA) is 32.3 Å². The van der Waals surface area contributed by atoms with Crippen LogP contribution in [0.3, 0.4) is 0 Å². The largest absolute Gasteiger partial charge is 0.349 e. The van der Waals surface area contributed by atoms with Crippen LogP contribution in [0.2, 0.25) is 0 Å². The highest BCUT2D eigenvalue weighted by Crippen LogP contribution is 2.23. The molecule has 0 aromatic carbocycles. The van der Waals surface area contributed by atoms with Gasteiger partial charge in [-0.05, 0) is 44.3 Å². The molecule has 1 aliphatic heterocycles. The Bertz CT molecular complexity index is 253. The summed E-state index contributed by atoms with van der Waals surface area (Å²) in [7, 11) is 0. The number of carbonyl (C=O) groups excluding carboxylic acids is 1. The van der Waals surface area contributed by atoms with Crippen molar-refractivity contribution in [3.8, 4) is 0 Å². The van der Waals surface area contributed by atoms with E-state index in [0.29, 0.717) is 5.11 Å². The number of hydrogen-bond donors (Lipinski definition) is 1. The Labute approximate surface area is 109 Å². The van der Waals surface area contributed by atoms with Crippen LogP contribution in [0.25, 0.3) is 0 Å². The molecule has 1 N–H and O–H groups in total. The number of amides is 1. The lowest BCUT2D eigenvalue weighted by atomic mass is 9.89. The van der Waals surface area contributed by atoms with E-state index >= 15 is 0 Å². The maximum atomic E-state index is 12.0. The summed E-state index contributed by atoms with van der Waals surface area (Å²) in [5.41, 5.74) is 0. The van der Waals surface area contributed by atoms with E-state index in [2.05, 4.69) is 10.2 Å². The summed E-state index contributed by atoms with van der Waals surface area (Å²) < 4.78 is 0. The first-order valence-electron chi connectivity index (χ1n) is 6.87. The third-order valence-electron chi connectivity index (χ3n) is 3.85. The lowest BCUT2D eigenvalue weighted by Crippen LogP contribution is -2.46. The van der Waals surface area contributed by atoms with Crippen molar-refractivity contribution in [1.82, 2.24) is 10.2 Å². The molecule has 0 aromatic rings. The van der Waals surface area contributed by atoms with Crippen LogP contribution in [0, 0.1) is 5.92 Å². The van der Waals surface area contributed by atoms with Crippen LogP contribution in [-0.2, 0) is 4.79 Å². The van der Waals surface area contributed by atoms with E-state index in [9.17, 15) is 4.79 Å². The van der Waals surface area contributed by atoms with E-state index in [0.717, 1.165) is 25.9 Å². The predicted octanol–water partition coefficient (Wildman–Crippen LogP) is 2.45. The number of piperidine rings is 1. The lowest BCUT2D eigenvalue weighted by molar-refractivity contribution is -0.124. The highest BCUT2D eigenvalue weighted by Gasteiger charge is 2.23. The number of carbonyl (C=O) groups is 1. The maximum Gasteiger partial charge on any atom is 0.229 e. The second-order valence-corrected chi connectivity index (χ2v) is 5.56. The second kappa shape index (κ2) is 6.34. The smallest absolute Gasteiger partial charge is 0.229 e. The van der Waals surface area contributed by atoms with Gasteiger partial charge in [0.25, 0.3) is 0 Å². The number of nitrogens with one attached hydrogen (secondary N) is 1. The molecular formula is C13H22N2OS. The van der Waals surface area contributed by atoms with Crippen molar-refractivity contribution >= 4 is 23.2 Å². The SMILES string of the molecule is O=C(NC(=S)N1CCCCC1)C1CCCCC1. The minimum Gasteiger partial charge on any atom is -0.349 e. The zero-order valence-corrected chi connectivity index (χ0v) is 11.2. The van der Waals surface area contributed by atoms with E-state index in [-0.39, 0.29) is 11.8 Å². The summed E-state index contributed by atoms with van der Waals surface area (Å²) in [6.45, 7) is 2.01. The van der Waals surface area contributed by atoms with Crippen LogP contribution in [0.1, 0.15) is 51.4 Å². The Morgan fingerprint density at radius 3 is 2.24 bits per heavy atom. The number of rotatable bonds is 1. The average molecular weight is 254 g/mol. The molecule has 1 heterocycles. The number of hydrogen-bond acceptors (Lipinski definition) is 2. The highest BCUT2D eigenvalue weighted by atomic mass is 32.1. The summed E-state index contributed by atoms with van der Waals surface area (Å²) >= 11 is 5.31. The van der Waals surface area contributed by atoms with Gasteiger partial charge in [0.15, 0.2) is 5.11 Å². The summed E-state index contributed by atoms with van der Waals surface area (Å²) in [5.74, 6) is 0.353. The Balaban J connectivity index is 1.78. The number of thiocarbonyl (C=S) groups is 1. The fourth-order valence-electron chi connectivity index (χ4n) is 2.75. The van der Waals surface area contributed by atoms with Crippen LogP contribution in [0.15, 0.2) is 0 Å². The minimum absolute atomic E-state index is 0.153. The van der Waals surface area contributed by atoms with Crippen LogP contribution < -0.4 is 5.32 Å². The maximum absolute atomic E-state index is 12.0. The monoisotopic (exact) mass is 254 g/mol. The van der Waals surface area contributed by atoms with Crippen LogP contribution in [0.4, 0.5) is 0 Å². The molecule has 0 spiro atoms. The lowest BCUT2D eigenvalue weighted by Gasteiger charge is -2.30. The van der Waals surface area contributed by atoms with E-state index in [1.54, 1.807) is 0 Å². The summed E-state index contributed by atoms with van der Waals surface area (Å²) in [5, 5.41) is 3.59. The van der Waals surface area contributed by atoms with Crippen molar-refractivity contribution in [3.05, 3.63) is 0 Å². The van der Waals surface area contributed by atoms with E-state index in [1.807, 2.05) is 0 Å². The molecule has 0 atom stereocenters. The van der Waals surface area contributed by atoms with Crippen molar-refractivity contribution in [3.63, 3.8) is 0 Å². The molecule has 4 heteroatoms. The molecule has 1 saturated carbocycles. The molecule has 2 fully saturated rings. The van der Waals surface area contributed by atoms with Gasteiger partial charge in [-0.1, -0.05) is 19.3 Å². The van der Waals surface area contributed by atoms with Gasteiger partial charge in [0.05, 0.1) is 0 Å². The third-order valence-corrected chi connectivity index (χ3v) is 4.21. The Hall–Kier alpha value is -0.640. The highest BCUT2D eigenvalue weighted by molar-refractivity contribution is 7.80. The van der Waals surface area contributed by atoms with Crippen molar-refractivity contribution in [1.29, 1.82) is 0 Å². The van der Waals surface area contributed by atoms with E-state index in [1.165, 1.54) is 38.5 Å². The molecule has 2 rings (SSSR count). The third kappa shape index (κ3) is 3.66. The average Bonchev–Trinajstić information content (AvgIpc) is 2.40. The minimum atomic E-state index is 0.153. The Morgan fingerprint density at radius 2 is 1.59 bits per heavy atom. The Morgan fingerprint density at radius 1 is 1.00 bits per heavy atom. The number of likely N-dealkylation sites (tertiary alicyclic amines) is 1. The molecule has 0 unspecified atom stereocenters. The van der Waals surface area contributed by atoms with Gasteiger partial charge in [-0.3, -0.25) is 4.79 Å². The van der Waals surface area contributed by atoms with Crippen molar-refractivity contribution in [2.24, 2.45) is 5.92 Å². The van der Waals surface area contributed by atoms with Gasteiger partial charge >= 0.3 is 0 Å². The first-order chi connectivity index (χ1) is 8.27. The standard InChI is InChI=1S/C13H22N2OS/c16-12(11-7-3-1-4-8-11)14-13(17)15-9-5-2-6-10-15/h11H,1-10H2,(H,14,16,17). The normalized spacial score (nSPS) is 22.2. The molecule has 96 valence electrons. The van der Waals surface area contributed by atoms with Gasteiger partial charge in [-0.15, -0.1) is 0 Å². The van der Waals surface area contributed by atoms with Crippen molar-refractivity contribution in [2.45, 2.75) is 51.4 Å². The summed E-state index contributed by atoms with van der Waals surface area (Å²) in [6, 6.07) is 0. The first kappa shape index (κ1) is 12.8. The van der Waals surface area contributed by atoms with Gasteiger partial charge in [0, 0.05) is 19.0 Å². The van der Waals surface area contributed by atoms with Crippen LogP contribution in [-0.4, -0.2) is 29.0 Å². The molecule has 1 aliphatic carbocycles. The molecule has 2 aliphatic rings. The molecule has 1 saturated heterocycles. The predicted molar refractivity (Wildman–Crippen MR) is 72.7 cm³/mol. The fourth-order valence-corrected chi connectivity index (χ4v) is 3.03. The molecule has 0 radical (unpaired) electrons. The van der Waals surface area contributed by atoms with Gasteiger partial charge in [0.1, 0.15) is 0 Å². The Kier molecular flexibility index (Phi) is 4.77. The summed E-state index contributed by atoms with van der Waals surface area (Å²) in [6.07, 6.45) is 9.40. The van der Waals surface area contributed by atoms with Crippen molar-refractivity contribution < 1.29 is 4.79 Å². The van der Waals surface area contributed by atoms with Gasteiger partial charge in [-0.2, -0.15) is 0 Å². The molecule has 17 heavy (non-hydrogen) atoms. The van der Waals surface area contributed by atoms with Crippen LogP contribution >= 0.6 is 12.2 Å². The number of nitrogens with zero attached hydrogens (tertiary/aromatic N) is 1. The quantitative estimate of drug-likeness (QED) is 0.730. The fraction of sp³-hybridized carbons (Fsp3) is 0.846. The van der Waals surface area contributed by atoms with Gasteiger partial charge in [0.2, 0.25) is 5.91 Å². The van der Waals surface area contributed by atoms with E-state index in [4.69, 9.17) is 12.2 Å².